The molecule has 0 fully saturated rings. The minimum absolute atomic E-state index is 0.153. The van der Waals surface area contributed by atoms with Gasteiger partial charge in [0.1, 0.15) is 0 Å². The summed E-state index contributed by atoms with van der Waals surface area (Å²) in [5.41, 5.74) is 1.50. The van der Waals surface area contributed by atoms with E-state index >= 15 is 0 Å². The van der Waals surface area contributed by atoms with Crippen molar-refractivity contribution in [3.05, 3.63) is 82.2 Å². The van der Waals surface area contributed by atoms with E-state index < -0.39 is 10.0 Å². The SMILES string of the molecule is Cn1c(=O)n(C)c2cc(Sc3ccccc3Cl)c(NS(=O)(=O)c3ccccc3)cc21. The molecule has 154 valence electrons. The fourth-order valence-electron chi connectivity index (χ4n) is 3.14. The first kappa shape index (κ1) is 20.6. The number of nitrogens with one attached hydrogen (secondary N) is 1. The van der Waals surface area contributed by atoms with Gasteiger partial charge in [0.05, 0.1) is 26.6 Å². The number of halogens is 1. The number of aryl methyl sites for hydroxylation is 2. The minimum atomic E-state index is -3.81. The van der Waals surface area contributed by atoms with Crippen LogP contribution in [0, 0.1) is 0 Å². The monoisotopic (exact) mass is 459 g/mol. The molecule has 0 saturated carbocycles. The normalized spacial score (nSPS) is 11.7. The Morgan fingerprint density at radius 1 is 0.867 bits per heavy atom. The second-order valence-corrected chi connectivity index (χ2v) is 9.86. The Balaban J connectivity index is 1.89. The zero-order chi connectivity index (χ0) is 21.5. The molecule has 0 saturated heterocycles. The quantitative estimate of drug-likeness (QED) is 0.477. The Hall–Kier alpha value is -2.68. The molecule has 0 amide bonds. The third kappa shape index (κ3) is 3.74. The summed E-state index contributed by atoms with van der Waals surface area (Å²) in [6.07, 6.45) is 0. The highest BCUT2D eigenvalue weighted by Gasteiger charge is 2.19. The van der Waals surface area contributed by atoms with Crippen LogP contribution < -0.4 is 10.4 Å². The van der Waals surface area contributed by atoms with E-state index in [1.807, 2.05) is 18.2 Å². The molecule has 0 aliphatic heterocycles. The van der Waals surface area contributed by atoms with Crippen molar-refractivity contribution < 1.29 is 8.42 Å². The summed E-state index contributed by atoms with van der Waals surface area (Å²) >= 11 is 7.65. The van der Waals surface area contributed by atoms with E-state index in [1.165, 1.54) is 33.0 Å². The van der Waals surface area contributed by atoms with Gasteiger partial charge < -0.3 is 0 Å². The molecule has 0 bridgehead atoms. The van der Waals surface area contributed by atoms with Crippen LogP contribution in [0.4, 0.5) is 5.69 Å². The molecule has 0 aliphatic carbocycles. The Kier molecular flexibility index (Phi) is 5.40. The molecule has 0 aliphatic rings. The molecule has 9 heteroatoms. The lowest BCUT2D eigenvalue weighted by atomic mass is 10.3. The van der Waals surface area contributed by atoms with Gasteiger partial charge in [-0.15, -0.1) is 0 Å². The molecule has 0 atom stereocenters. The first-order valence-electron chi connectivity index (χ1n) is 8.97. The van der Waals surface area contributed by atoms with Crippen molar-refractivity contribution in [3.63, 3.8) is 0 Å². The average Bonchev–Trinajstić information content (AvgIpc) is 2.94. The Labute approximate surface area is 183 Å². The molecule has 0 radical (unpaired) electrons. The summed E-state index contributed by atoms with van der Waals surface area (Å²) in [5.74, 6) is 0. The molecular weight excluding hydrogens is 442 g/mol. The Morgan fingerprint density at radius 3 is 2.13 bits per heavy atom. The number of hydrogen-bond donors (Lipinski definition) is 1. The number of sulfonamides is 1. The van der Waals surface area contributed by atoms with Crippen molar-refractivity contribution in [1.82, 2.24) is 9.13 Å². The topological polar surface area (TPSA) is 73.1 Å². The number of nitrogens with zero attached hydrogens (tertiary/aromatic N) is 2. The Bertz CT molecular complexity index is 1410. The highest BCUT2D eigenvalue weighted by Crippen LogP contribution is 2.39. The maximum Gasteiger partial charge on any atom is 0.328 e. The summed E-state index contributed by atoms with van der Waals surface area (Å²) in [5, 5.41) is 0.557. The van der Waals surface area contributed by atoms with Crippen LogP contribution in [-0.2, 0) is 24.1 Å². The molecule has 0 spiro atoms. The fourth-order valence-corrected chi connectivity index (χ4v) is 5.49. The molecule has 4 rings (SSSR count). The maximum atomic E-state index is 12.9. The van der Waals surface area contributed by atoms with Crippen LogP contribution in [0.2, 0.25) is 5.02 Å². The number of hydrogen-bond acceptors (Lipinski definition) is 4. The molecule has 1 heterocycles. The van der Waals surface area contributed by atoms with Gasteiger partial charge in [-0.3, -0.25) is 13.9 Å². The average molecular weight is 460 g/mol. The van der Waals surface area contributed by atoms with E-state index in [0.29, 0.717) is 26.6 Å². The van der Waals surface area contributed by atoms with Crippen molar-refractivity contribution in [2.24, 2.45) is 14.1 Å². The van der Waals surface area contributed by atoms with Crippen molar-refractivity contribution in [2.75, 3.05) is 4.72 Å². The second-order valence-electron chi connectivity index (χ2n) is 6.69. The van der Waals surface area contributed by atoms with Gasteiger partial charge in [0.25, 0.3) is 10.0 Å². The number of imidazole rings is 1. The highest BCUT2D eigenvalue weighted by molar-refractivity contribution is 7.99. The van der Waals surface area contributed by atoms with Crippen molar-refractivity contribution >= 4 is 50.1 Å². The molecule has 4 aromatic rings. The molecule has 30 heavy (non-hydrogen) atoms. The first-order valence-corrected chi connectivity index (χ1v) is 11.7. The smallest absolute Gasteiger partial charge is 0.295 e. The van der Waals surface area contributed by atoms with Crippen molar-refractivity contribution in [3.8, 4) is 0 Å². The van der Waals surface area contributed by atoms with Gasteiger partial charge in [0.15, 0.2) is 0 Å². The molecule has 0 unspecified atom stereocenters. The second kappa shape index (κ2) is 7.86. The lowest BCUT2D eigenvalue weighted by Gasteiger charge is -2.14. The first-order chi connectivity index (χ1) is 14.3. The number of fused-ring (bicyclic) bond motifs is 1. The third-order valence-electron chi connectivity index (χ3n) is 4.73. The summed E-state index contributed by atoms with van der Waals surface area (Å²) in [6, 6.07) is 18.9. The fraction of sp³-hybridized carbons (Fsp3) is 0.0952. The summed E-state index contributed by atoms with van der Waals surface area (Å²) in [6.45, 7) is 0. The minimum Gasteiger partial charge on any atom is -0.295 e. The van der Waals surface area contributed by atoms with Gasteiger partial charge >= 0.3 is 5.69 Å². The molecular formula is C21H18ClN3O3S2. The number of rotatable bonds is 5. The van der Waals surface area contributed by atoms with Crippen LogP contribution in [0.3, 0.4) is 0 Å². The van der Waals surface area contributed by atoms with E-state index in [4.69, 9.17) is 11.6 Å². The van der Waals surface area contributed by atoms with Crippen molar-refractivity contribution in [2.45, 2.75) is 14.7 Å². The van der Waals surface area contributed by atoms with Gasteiger partial charge in [-0.05, 0) is 36.4 Å². The van der Waals surface area contributed by atoms with Crippen LogP contribution in [0.1, 0.15) is 0 Å². The van der Waals surface area contributed by atoms with Crippen LogP contribution >= 0.6 is 23.4 Å². The molecule has 1 N–H and O–H groups in total. The van der Waals surface area contributed by atoms with E-state index in [-0.39, 0.29) is 10.6 Å². The number of aromatic nitrogens is 2. The summed E-state index contributed by atoms with van der Waals surface area (Å²) in [7, 11) is -0.477. The standard InChI is InChI=1S/C21H18ClN3O3S2/c1-24-17-12-16(23-30(27,28)14-8-4-3-5-9-14)20(13-18(17)25(2)21(24)26)29-19-11-7-6-10-15(19)22/h3-13,23H,1-2H3. The van der Waals surface area contributed by atoms with Crippen LogP contribution in [0.5, 0.6) is 0 Å². The largest absolute Gasteiger partial charge is 0.328 e. The van der Waals surface area contributed by atoms with E-state index in [2.05, 4.69) is 4.72 Å². The van der Waals surface area contributed by atoms with Gasteiger partial charge in [-0.25, -0.2) is 13.2 Å². The van der Waals surface area contributed by atoms with E-state index in [9.17, 15) is 13.2 Å². The van der Waals surface area contributed by atoms with Crippen LogP contribution in [-0.4, -0.2) is 17.6 Å². The van der Waals surface area contributed by atoms with Gasteiger partial charge in [-0.2, -0.15) is 0 Å². The molecule has 1 aromatic heterocycles. The summed E-state index contributed by atoms with van der Waals surface area (Å²) in [4.78, 5) is 14.0. The zero-order valence-corrected chi connectivity index (χ0v) is 18.6. The predicted molar refractivity (Wildman–Crippen MR) is 121 cm³/mol. The maximum absolute atomic E-state index is 12.9. The van der Waals surface area contributed by atoms with Gasteiger partial charge in [0.2, 0.25) is 0 Å². The molecule has 3 aromatic carbocycles. The number of benzene rings is 3. The van der Waals surface area contributed by atoms with Crippen molar-refractivity contribution in [1.29, 1.82) is 0 Å². The van der Waals surface area contributed by atoms with Gasteiger partial charge in [-0.1, -0.05) is 53.7 Å². The number of anilines is 1. The highest BCUT2D eigenvalue weighted by atomic mass is 35.5. The van der Waals surface area contributed by atoms with Crippen LogP contribution in [0.15, 0.2) is 86.2 Å². The lowest BCUT2D eigenvalue weighted by molar-refractivity contribution is 0.601. The van der Waals surface area contributed by atoms with Gasteiger partial charge in [0, 0.05) is 23.9 Å². The lowest BCUT2D eigenvalue weighted by Crippen LogP contribution is -2.19. The van der Waals surface area contributed by atoms with E-state index in [1.54, 1.807) is 50.5 Å². The third-order valence-corrected chi connectivity index (χ3v) is 7.68. The van der Waals surface area contributed by atoms with Crippen LogP contribution in [0.25, 0.3) is 11.0 Å². The van der Waals surface area contributed by atoms with E-state index in [0.717, 1.165) is 4.90 Å². The predicted octanol–water partition coefficient (Wildman–Crippen LogP) is 4.48. The summed E-state index contributed by atoms with van der Waals surface area (Å²) < 4.78 is 31.6. The Morgan fingerprint density at radius 2 is 1.47 bits per heavy atom. The zero-order valence-electron chi connectivity index (χ0n) is 16.2. The molecule has 6 nitrogen and oxygen atoms in total.